The molecule has 1 aromatic rings. The van der Waals surface area contributed by atoms with Crippen molar-refractivity contribution in [3.63, 3.8) is 0 Å². The molecule has 0 radical (unpaired) electrons. The highest BCUT2D eigenvalue weighted by Crippen LogP contribution is 2.21. The monoisotopic (exact) mass is 276 g/mol. The fourth-order valence-electron chi connectivity index (χ4n) is 2.75. The van der Waals surface area contributed by atoms with Gasteiger partial charge in [0.2, 0.25) is 0 Å². The Morgan fingerprint density at radius 1 is 1.25 bits per heavy atom. The van der Waals surface area contributed by atoms with Crippen LogP contribution in [0.1, 0.15) is 39.5 Å². The Morgan fingerprint density at radius 2 is 2.15 bits per heavy atom. The zero-order chi connectivity index (χ0) is 14.2. The van der Waals surface area contributed by atoms with Gasteiger partial charge >= 0.3 is 0 Å². The second-order valence-electron chi connectivity index (χ2n) is 5.58. The molecule has 1 atom stereocenters. The van der Waals surface area contributed by atoms with Crippen molar-refractivity contribution in [3.05, 3.63) is 24.3 Å². The molecule has 0 amide bonds. The summed E-state index contributed by atoms with van der Waals surface area (Å²) >= 11 is 0. The lowest BCUT2D eigenvalue weighted by Gasteiger charge is -2.19. The van der Waals surface area contributed by atoms with Gasteiger partial charge in [0.25, 0.3) is 0 Å². The van der Waals surface area contributed by atoms with Crippen LogP contribution in [0.5, 0.6) is 5.75 Å². The molecule has 3 heteroatoms. The largest absolute Gasteiger partial charge is 0.494 e. The van der Waals surface area contributed by atoms with Crippen molar-refractivity contribution < 1.29 is 4.74 Å². The number of benzene rings is 1. The van der Waals surface area contributed by atoms with Crippen LogP contribution in [0.2, 0.25) is 0 Å². The van der Waals surface area contributed by atoms with Crippen LogP contribution >= 0.6 is 0 Å². The summed E-state index contributed by atoms with van der Waals surface area (Å²) in [4.78, 5) is 2.54. The van der Waals surface area contributed by atoms with Crippen LogP contribution in [0.4, 0.5) is 5.69 Å². The third-order valence-corrected chi connectivity index (χ3v) is 3.95. The highest BCUT2D eigenvalue weighted by atomic mass is 16.5. The molecule has 0 aliphatic carbocycles. The molecule has 0 saturated carbocycles. The predicted octanol–water partition coefficient (Wildman–Crippen LogP) is 3.76. The summed E-state index contributed by atoms with van der Waals surface area (Å²) in [5, 5.41) is 3.68. The first-order valence-corrected chi connectivity index (χ1v) is 8.03. The van der Waals surface area contributed by atoms with Gasteiger partial charge in [0.05, 0.1) is 6.61 Å². The van der Waals surface area contributed by atoms with Gasteiger partial charge in [-0.3, -0.25) is 0 Å². The van der Waals surface area contributed by atoms with Crippen LogP contribution in [0.15, 0.2) is 24.3 Å². The number of hydrogen-bond donors (Lipinski definition) is 1. The maximum absolute atomic E-state index is 5.70. The standard InChI is InChI=1S/C17H28N2O/c1-3-13-20-17-9-5-7-16(14-17)18-15-8-6-11-19(4-2)12-10-15/h5,7,9,14-15,18H,3-4,6,8,10-13H2,1-2H3. The molecular weight excluding hydrogens is 248 g/mol. The molecule has 20 heavy (non-hydrogen) atoms. The van der Waals surface area contributed by atoms with Crippen molar-refractivity contribution in [2.45, 2.75) is 45.6 Å². The molecule has 2 rings (SSSR count). The number of rotatable bonds is 6. The van der Waals surface area contributed by atoms with Crippen molar-refractivity contribution in [2.75, 3.05) is 31.6 Å². The highest BCUT2D eigenvalue weighted by molar-refractivity contribution is 5.48. The zero-order valence-corrected chi connectivity index (χ0v) is 12.9. The lowest BCUT2D eigenvalue weighted by Crippen LogP contribution is -2.26. The highest BCUT2D eigenvalue weighted by Gasteiger charge is 2.15. The molecular formula is C17H28N2O. The average molecular weight is 276 g/mol. The molecule has 0 spiro atoms. The molecule has 0 aromatic heterocycles. The van der Waals surface area contributed by atoms with Crippen molar-refractivity contribution in [1.82, 2.24) is 4.90 Å². The minimum absolute atomic E-state index is 0.591. The van der Waals surface area contributed by atoms with Gasteiger partial charge in [-0.2, -0.15) is 0 Å². The third kappa shape index (κ3) is 4.71. The van der Waals surface area contributed by atoms with Crippen LogP contribution in [-0.2, 0) is 0 Å². The molecule has 1 aliphatic rings. The second-order valence-corrected chi connectivity index (χ2v) is 5.58. The summed E-state index contributed by atoms with van der Waals surface area (Å²) in [6.45, 7) is 8.80. The van der Waals surface area contributed by atoms with E-state index in [0.29, 0.717) is 6.04 Å². The van der Waals surface area contributed by atoms with E-state index in [0.717, 1.165) is 18.8 Å². The fourth-order valence-corrected chi connectivity index (χ4v) is 2.75. The van der Waals surface area contributed by atoms with Crippen LogP contribution in [0.3, 0.4) is 0 Å². The van der Waals surface area contributed by atoms with Gasteiger partial charge < -0.3 is 15.0 Å². The molecule has 112 valence electrons. The maximum Gasteiger partial charge on any atom is 0.121 e. The van der Waals surface area contributed by atoms with Gasteiger partial charge in [-0.15, -0.1) is 0 Å². The lowest BCUT2D eigenvalue weighted by atomic mass is 10.1. The quantitative estimate of drug-likeness (QED) is 0.856. The van der Waals surface area contributed by atoms with E-state index in [1.165, 1.54) is 44.6 Å². The Kier molecular flexibility index (Phi) is 6.19. The Morgan fingerprint density at radius 3 is 2.95 bits per heavy atom. The van der Waals surface area contributed by atoms with Gasteiger partial charge in [0.15, 0.2) is 0 Å². The fraction of sp³-hybridized carbons (Fsp3) is 0.647. The lowest BCUT2D eigenvalue weighted by molar-refractivity contribution is 0.300. The molecule has 0 bridgehead atoms. The average Bonchev–Trinajstić information content (AvgIpc) is 2.71. The van der Waals surface area contributed by atoms with E-state index in [1.54, 1.807) is 0 Å². The number of anilines is 1. The van der Waals surface area contributed by atoms with Crippen LogP contribution in [0.25, 0.3) is 0 Å². The Labute approximate surface area is 123 Å². The molecule has 1 saturated heterocycles. The second kappa shape index (κ2) is 8.15. The number of nitrogens with zero attached hydrogens (tertiary/aromatic N) is 1. The third-order valence-electron chi connectivity index (χ3n) is 3.95. The molecule has 1 heterocycles. The summed E-state index contributed by atoms with van der Waals surface area (Å²) in [5.74, 6) is 0.973. The first-order chi connectivity index (χ1) is 9.81. The summed E-state index contributed by atoms with van der Waals surface area (Å²) in [7, 11) is 0. The number of nitrogens with one attached hydrogen (secondary N) is 1. The first-order valence-electron chi connectivity index (χ1n) is 8.03. The maximum atomic E-state index is 5.70. The van der Waals surface area contributed by atoms with E-state index in [2.05, 4.69) is 42.3 Å². The van der Waals surface area contributed by atoms with Crippen LogP contribution < -0.4 is 10.1 Å². The van der Waals surface area contributed by atoms with E-state index in [1.807, 2.05) is 6.07 Å². The molecule has 1 N–H and O–H groups in total. The Balaban J connectivity index is 1.88. The topological polar surface area (TPSA) is 24.5 Å². The molecule has 1 aromatic carbocycles. The van der Waals surface area contributed by atoms with Crippen molar-refractivity contribution in [3.8, 4) is 5.75 Å². The normalized spacial score (nSPS) is 20.4. The van der Waals surface area contributed by atoms with Crippen molar-refractivity contribution in [1.29, 1.82) is 0 Å². The number of ether oxygens (including phenoxy) is 1. The Bertz CT molecular complexity index is 394. The van der Waals surface area contributed by atoms with E-state index in [4.69, 9.17) is 4.74 Å². The van der Waals surface area contributed by atoms with Gasteiger partial charge in [-0.1, -0.05) is 19.9 Å². The first kappa shape index (κ1) is 15.2. The van der Waals surface area contributed by atoms with Crippen molar-refractivity contribution >= 4 is 5.69 Å². The van der Waals surface area contributed by atoms with Gasteiger partial charge in [0, 0.05) is 24.3 Å². The van der Waals surface area contributed by atoms with E-state index in [-0.39, 0.29) is 0 Å². The minimum Gasteiger partial charge on any atom is -0.494 e. The van der Waals surface area contributed by atoms with Gasteiger partial charge in [-0.25, -0.2) is 0 Å². The van der Waals surface area contributed by atoms with Crippen LogP contribution in [0, 0.1) is 0 Å². The SMILES string of the molecule is CCCOc1cccc(NC2CCCN(CC)CC2)c1. The van der Waals surface area contributed by atoms with Crippen LogP contribution in [-0.4, -0.2) is 37.2 Å². The van der Waals surface area contributed by atoms with Crippen molar-refractivity contribution in [2.24, 2.45) is 0 Å². The summed E-state index contributed by atoms with van der Waals surface area (Å²) < 4.78 is 5.70. The summed E-state index contributed by atoms with van der Waals surface area (Å²) in [5.41, 5.74) is 1.19. The predicted molar refractivity (Wildman–Crippen MR) is 85.6 cm³/mol. The number of hydrogen-bond acceptors (Lipinski definition) is 3. The number of likely N-dealkylation sites (tertiary alicyclic amines) is 1. The minimum atomic E-state index is 0.591. The summed E-state index contributed by atoms with van der Waals surface area (Å²) in [6.07, 6.45) is 4.83. The van der Waals surface area contributed by atoms with E-state index in [9.17, 15) is 0 Å². The molecule has 1 fully saturated rings. The zero-order valence-electron chi connectivity index (χ0n) is 12.9. The van der Waals surface area contributed by atoms with E-state index < -0.39 is 0 Å². The summed E-state index contributed by atoms with van der Waals surface area (Å²) in [6, 6.07) is 8.96. The smallest absolute Gasteiger partial charge is 0.121 e. The Hall–Kier alpha value is -1.22. The molecule has 1 aliphatic heterocycles. The molecule has 1 unspecified atom stereocenters. The van der Waals surface area contributed by atoms with E-state index >= 15 is 0 Å². The van der Waals surface area contributed by atoms with Gasteiger partial charge in [-0.05, 0) is 50.9 Å². The van der Waals surface area contributed by atoms with Gasteiger partial charge in [0.1, 0.15) is 5.75 Å². The molecule has 3 nitrogen and oxygen atoms in total.